The van der Waals surface area contributed by atoms with Gasteiger partial charge < -0.3 is 34.3 Å². The van der Waals surface area contributed by atoms with Crippen LogP contribution in [0, 0.1) is 0 Å². The van der Waals surface area contributed by atoms with Gasteiger partial charge >= 0.3 is 0 Å². The van der Waals surface area contributed by atoms with E-state index in [-0.39, 0.29) is 40.2 Å². The Bertz CT molecular complexity index is 1240. The first-order valence-electron chi connectivity index (χ1n) is 11.2. The van der Waals surface area contributed by atoms with E-state index in [0.29, 0.717) is 11.1 Å². The summed E-state index contributed by atoms with van der Waals surface area (Å²) in [6, 6.07) is 23.5. The van der Waals surface area contributed by atoms with E-state index in [0.717, 1.165) is 11.1 Å². The Morgan fingerprint density at radius 2 is 0.833 bits per heavy atom. The average molecular weight is 489 g/mol. The molecule has 7 nitrogen and oxygen atoms in total. The first kappa shape index (κ1) is 24.6. The first-order valence-corrected chi connectivity index (χ1v) is 11.2. The van der Waals surface area contributed by atoms with Gasteiger partial charge in [-0.1, -0.05) is 42.5 Å². The van der Waals surface area contributed by atoms with Gasteiger partial charge in [0.05, 0.1) is 33.9 Å². The molecule has 0 aliphatic rings. The summed E-state index contributed by atoms with van der Waals surface area (Å²) in [4.78, 5) is 0. The summed E-state index contributed by atoms with van der Waals surface area (Å²) in [5, 5.41) is 31.4. The molecule has 0 fully saturated rings. The van der Waals surface area contributed by atoms with E-state index >= 15 is 0 Å². The Morgan fingerprint density at radius 1 is 0.472 bits per heavy atom. The van der Waals surface area contributed by atoms with Crippen molar-refractivity contribution in [3.05, 3.63) is 101 Å². The summed E-state index contributed by atoms with van der Waals surface area (Å²) >= 11 is 0. The number of hydrogen-bond donors (Lipinski definition) is 3. The van der Waals surface area contributed by atoms with Crippen LogP contribution >= 0.6 is 0 Å². The van der Waals surface area contributed by atoms with Crippen molar-refractivity contribution in [1.29, 1.82) is 0 Å². The zero-order chi connectivity index (χ0) is 25.9. The van der Waals surface area contributed by atoms with Crippen LogP contribution in [0.4, 0.5) is 0 Å². The summed E-state index contributed by atoms with van der Waals surface area (Å²) in [7, 11) is 5.87. The van der Waals surface area contributed by atoms with E-state index in [4.69, 9.17) is 18.9 Å². The van der Waals surface area contributed by atoms with Crippen LogP contribution in [0.25, 0.3) is 0 Å². The van der Waals surface area contributed by atoms with Gasteiger partial charge in [0.25, 0.3) is 0 Å². The highest BCUT2D eigenvalue weighted by Gasteiger charge is 2.41. The highest BCUT2D eigenvalue weighted by molar-refractivity contribution is 5.67. The van der Waals surface area contributed by atoms with Crippen molar-refractivity contribution >= 4 is 0 Å². The molecule has 36 heavy (non-hydrogen) atoms. The molecule has 0 atom stereocenters. The monoisotopic (exact) mass is 488 g/mol. The van der Waals surface area contributed by atoms with Gasteiger partial charge in [0.1, 0.15) is 5.75 Å². The third kappa shape index (κ3) is 3.98. The van der Waals surface area contributed by atoms with Crippen molar-refractivity contribution in [1.82, 2.24) is 0 Å². The zero-order valence-corrected chi connectivity index (χ0v) is 20.5. The molecule has 0 spiro atoms. The largest absolute Gasteiger partial charge is 0.508 e. The topological polar surface area (TPSA) is 97.6 Å². The Hall–Kier alpha value is -4.52. The normalized spacial score (nSPS) is 11.1. The molecule has 0 saturated heterocycles. The maximum Gasteiger partial charge on any atom is 0.200 e. The maximum absolute atomic E-state index is 10.7. The molecule has 0 aliphatic carbocycles. The van der Waals surface area contributed by atoms with E-state index in [1.54, 1.807) is 36.4 Å². The van der Waals surface area contributed by atoms with Crippen LogP contribution in [0.15, 0.2) is 78.9 Å². The average Bonchev–Trinajstić information content (AvgIpc) is 2.91. The number of phenolic OH excluding ortho intramolecular Hbond substituents is 3. The lowest BCUT2D eigenvalue weighted by molar-refractivity contribution is 0.337. The zero-order valence-electron chi connectivity index (χ0n) is 20.5. The number of ether oxygens (including phenoxy) is 4. The fourth-order valence-electron chi connectivity index (χ4n) is 4.62. The van der Waals surface area contributed by atoms with Crippen LogP contribution in [-0.4, -0.2) is 43.8 Å². The predicted molar refractivity (Wildman–Crippen MR) is 136 cm³/mol. The molecule has 4 rings (SSSR count). The van der Waals surface area contributed by atoms with Crippen LogP contribution < -0.4 is 18.9 Å². The molecule has 0 aromatic heterocycles. The predicted octanol–water partition coefficient (Wildman–Crippen LogP) is 5.22. The second-order valence-electron chi connectivity index (χ2n) is 8.12. The lowest BCUT2D eigenvalue weighted by atomic mass is 9.65. The minimum Gasteiger partial charge on any atom is -0.508 e. The molecule has 0 saturated carbocycles. The molecular formula is C29H28O7. The lowest BCUT2D eigenvalue weighted by Gasteiger charge is -2.37. The summed E-state index contributed by atoms with van der Waals surface area (Å²) in [6.45, 7) is 0. The summed E-state index contributed by atoms with van der Waals surface area (Å²) in [5.41, 5.74) is 2.00. The van der Waals surface area contributed by atoms with Crippen LogP contribution in [0.5, 0.6) is 40.2 Å². The standard InChI is InChI=1S/C29H28O7/c1-33-23-14-20(15-24(34-2)27(23)31)29(18-8-6-5-7-9-18,19-10-12-22(30)13-11-19)21-16-25(35-3)28(32)26(17-21)36-4/h5-17,30-32H,1-4H3. The van der Waals surface area contributed by atoms with E-state index in [9.17, 15) is 15.3 Å². The number of hydrogen-bond acceptors (Lipinski definition) is 7. The van der Waals surface area contributed by atoms with Gasteiger partial charge in [0, 0.05) is 0 Å². The van der Waals surface area contributed by atoms with E-state index < -0.39 is 5.41 Å². The van der Waals surface area contributed by atoms with Gasteiger partial charge in [-0.2, -0.15) is 0 Å². The molecule has 7 heteroatoms. The number of benzene rings is 4. The molecular weight excluding hydrogens is 460 g/mol. The summed E-state index contributed by atoms with van der Waals surface area (Å²) < 4.78 is 22.0. The van der Waals surface area contributed by atoms with Crippen molar-refractivity contribution < 1.29 is 34.3 Å². The van der Waals surface area contributed by atoms with Crippen LogP contribution in [0.3, 0.4) is 0 Å². The first-order chi connectivity index (χ1) is 17.4. The number of methoxy groups -OCH3 is 4. The molecule has 4 aromatic carbocycles. The minimum atomic E-state index is -1.04. The minimum absolute atomic E-state index is 0.113. The molecule has 0 unspecified atom stereocenters. The smallest absolute Gasteiger partial charge is 0.200 e. The molecule has 0 aliphatic heterocycles. The van der Waals surface area contributed by atoms with Crippen LogP contribution in [0.2, 0.25) is 0 Å². The number of rotatable bonds is 8. The SMILES string of the molecule is COc1cc(C(c2ccccc2)(c2ccc(O)cc2)c2cc(OC)c(O)c(OC)c2)cc(OC)c1O. The van der Waals surface area contributed by atoms with Gasteiger partial charge in [-0.25, -0.2) is 0 Å². The van der Waals surface area contributed by atoms with Gasteiger partial charge in [-0.15, -0.1) is 0 Å². The number of aromatic hydroxyl groups is 3. The molecule has 4 aromatic rings. The van der Waals surface area contributed by atoms with Crippen molar-refractivity contribution in [2.75, 3.05) is 28.4 Å². The van der Waals surface area contributed by atoms with E-state index in [1.165, 1.54) is 28.4 Å². The second-order valence-corrected chi connectivity index (χ2v) is 8.12. The van der Waals surface area contributed by atoms with E-state index in [1.807, 2.05) is 42.5 Å². The number of phenols is 3. The molecule has 0 heterocycles. The van der Waals surface area contributed by atoms with Crippen molar-refractivity contribution in [2.24, 2.45) is 0 Å². The second kappa shape index (κ2) is 10.00. The van der Waals surface area contributed by atoms with Crippen molar-refractivity contribution in [3.8, 4) is 40.2 Å². The van der Waals surface area contributed by atoms with E-state index in [2.05, 4.69) is 0 Å². The summed E-state index contributed by atoms with van der Waals surface area (Å²) in [6.07, 6.45) is 0. The Morgan fingerprint density at radius 3 is 1.19 bits per heavy atom. The van der Waals surface area contributed by atoms with Crippen molar-refractivity contribution in [2.45, 2.75) is 5.41 Å². The Labute approximate surface area is 209 Å². The van der Waals surface area contributed by atoms with Crippen LogP contribution in [-0.2, 0) is 5.41 Å². The lowest BCUT2D eigenvalue weighted by Crippen LogP contribution is -2.31. The third-order valence-corrected chi connectivity index (χ3v) is 6.33. The van der Waals surface area contributed by atoms with Crippen LogP contribution in [0.1, 0.15) is 22.3 Å². The third-order valence-electron chi connectivity index (χ3n) is 6.33. The molecule has 186 valence electrons. The van der Waals surface area contributed by atoms with Crippen molar-refractivity contribution in [3.63, 3.8) is 0 Å². The summed E-state index contributed by atoms with van der Waals surface area (Å²) in [5.74, 6) is 0.751. The Kier molecular flexibility index (Phi) is 6.83. The highest BCUT2D eigenvalue weighted by Crippen LogP contribution is 2.52. The maximum atomic E-state index is 10.7. The molecule has 0 amide bonds. The fourth-order valence-corrected chi connectivity index (χ4v) is 4.62. The quantitative estimate of drug-likeness (QED) is 0.293. The van der Waals surface area contributed by atoms with Gasteiger partial charge in [0.15, 0.2) is 23.0 Å². The molecule has 0 bridgehead atoms. The van der Waals surface area contributed by atoms with Gasteiger partial charge in [-0.05, 0) is 58.7 Å². The van der Waals surface area contributed by atoms with Gasteiger partial charge in [0.2, 0.25) is 11.5 Å². The Balaban J connectivity index is 2.24. The van der Waals surface area contributed by atoms with Gasteiger partial charge in [-0.3, -0.25) is 0 Å². The molecule has 3 N–H and O–H groups in total. The fraction of sp³-hybridized carbons (Fsp3) is 0.172. The molecule has 0 radical (unpaired) electrons. The highest BCUT2D eigenvalue weighted by atomic mass is 16.5.